The van der Waals surface area contributed by atoms with Crippen molar-refractivity contribution < 1.29 is 29.0 Å². The molecule has 8 heteroatoms. The minimum atomic E-state index is -0.886. The topological polar surface area (TPSA) is 96.4 Å². The van der Waals surface area contributed by atoms with Crippen molar-refractivity contribution >= 4 is 34.8 Å². The number of ether oxygens (including phenoxy) is 2. The summed E-state index contributed by atoms with van der Waals surface area (Å²) in [5, 5.41) is 11.6. The van der Waals surface area contributed by atoms with Gasteiger partial charge in [-0.2, -0.15) is 0 Å². The summed E-state index contributed by atoms with van der Waals surface area (Å²) in [5.41, 5.74) is 3.58. The molecule has 3 aromatic carbocycles. The highest BCUT2D eigenvalue weighted by Gasteiger charge is 2.47. The number of rotatable bonds is 4. The molecule has 0 radical (unpaired) electrons. The number of nitrogens with zero attached hydrogens (tertiary/aromatic N) is 2. The number of likely N-dealkylation sites (N-methyl/N-ethyl adjacent to an activating group) is 1. The second-order valence-corrected chi connectivity index (χ2v) is 11.0. The van der Waals surface area contributed by atoms with E-state index in [1.54, 1.807) is 42.5 Å². The Labute approximate surface area is 233 Å². The molecule has 8 nitrogen and oxygen atoms in total. The van der Waals surface area contributed by atoms with E-state index in [0.717, 1.165) is 11.3 Å². The average Bonchev–Trinajstić information content (AvgIpc) is 3.22. The van der Waals surface area contributed by atoms with E-state index in [4.69, 9.17) is 9.47 Å². The third-order valence-corrected chi connectivity index (χ3v) is 7.43. The first-order valence-corrected chi connectivity index (χ1v) is 13.1. The first-order valence-electron chi connectivity index (χ1n) is 13.1. The Balaban J connectivity index is 1.66. The number of aliphatic hydroxyl groups excluding tert-OH is 1. The van der Waals surface area contributed by atoms with Gasteiger partial charge in [0.2, 0.25) is 0 Å². The van der Waals surface area contributed by atoms with Gasteiger partial charge in [-0.15, -0.1) is 0 Å². The first-order chi connectivity index (χ1) is 19.0. The third-order valence-electron chi connectivity index (χ3n) is 7.43. The number of amides is 1. The van der Waals surface area contributed by atoms with Gasteiger partial charge in [0.1, 0.15) is 18.1 Å². The maximum absolute atomic E-state index is 13.6. The smallest absolute Gasteiger partial charge is 0.337 e. The van der Waals surface area contributed by atoms with Crippen LogP contribution >= 0.6 is 0 Å². The first kappa shape index (κ1) is 27.0. The highest BCUT2D eigenvalue weighted by molar-refractivity contribution is 6.51. The van der Waals surface area contributed by atoms with Crippen LogP contribution in [0.5, 0.6) is 5.75 Å². The molecule has 1 N–H and O–H groups in total. The number of hydrogen-bond acceptors (Lipinski definition) is 7. The number of hydrogen-bond donors (Lipinski definition) is 1. The SMILES string of the molecule is COC(=O)c1ccc(N2C(=O)C(=O)/C(=C(\O)c3ccc4c(c3)N(C)CCO4)C2c2ccc(C(C)(C)C)cc2)cc1. The molecule has 206 valence electrons. The van der Waals surface area contributed by atoms with Crippen LogP contribution in [0.4, 0.5) is 11.4 Å². The highest BCUT2D eigenvalue weighted by Crippen LogP contribution is 2.43. The van der Waals surface area contributed by atoms with Crippen molar-refractivity contribution in [2.45, 2.75) is 32.2 Å². The summed E-state index contributed by atoms with van der Waals surface area (Å²) >= 11 is 0. The summed E-state index contributed by atoms with van der Waals surface area (Å²) in [7, 11) is 3.22. The molecule has 0 saturated carbocycles. The van der Waals surface area contributed by atoms with Crippen molar-refractivity contribution in [2.75, 3.05) is 37.1 Å². The molecule has 1 saturated heterocycles. The third kappa shape index (κ3) is 4.70. The maximum atomic E-state index is 13.6. The van der Waals surface area contributed by atoms with Crippen LogP contribution in [-0.2, 0) is 19.7 Å². The van der Waals surface area contributed by atoms with Gasteiger partial charge in [0, 0.05) is 18.3 Å². The van der Waals surface area contributed by atoms with Crippen LogP contribution in [0.1, 0.15) is 53.9 Å². The largest absolute Gasteiger partial charge is 0.507 e. The maximum Gasteiger partial charge on any atom is 0.337 e. The van der Waals surface area contributed by atoms with Crippen LogP contribution in [-0.4, -0.2) is 50.1 Å². The number of carbonyl (C=O) groups is 3. The Morgan fingerprint density at radius 2 is 1.62 bits per heavy atom. The van der Waals surface area contributed by atoms with Crippen molar-refractivity contribution in [3.8, 4) is 5.75 Å². The van der Waals surface area contributed by atoms with Crippen LogP contribution in [0.15, 0.2) is 72.3 Å². The zero-order valence-corrected chi connectivity index (χ0v) is 23.2. The number of ketones is 1. The van der Waals surface area contributed by atoms with E-state index in [2.05, 4.69) is 20.8 Å². The minimum absolute atomic E-state index is 0.00937. The normalized spacial score (nSPS) is 18.4. The molecule has 2 heterocycles. The second-order valence-electron chi connectivity index (χ2n) is 11.0. The number of methoxy groups -OCH3 is 1. The van der Waals surface area contributed by atoms with Gasteiger partial charge >= 0.3 is 5.97 Å². The van der Waals surface area contributed by atoms with Crippen LogP contribution in [0.25, 0.3) is 5.76 Å². The van der Waals surface area contributed by atoms with E-state index in [1.165, 1.54) is 12.0 Å². The molecular formula is C32H32N2O6. The lowest BCUT2D eigenvalue weighted by Gasteiger charge is -2.28. The number of fused-ring (bicyclic) bond motifs is 1. The Morgan fingerprint density at radius 1 is 0.975 bits per heavy atom. The molecular weight excluding hydrogens is 508 g/mol. The summed E-state index contributed by atoms with van der Waals surface area (Å²) < 4.78 is 10.5. The summed E-state index contributed by atoms with van der Waals surface area (Å²) in [6.45, 7) is 7.55. The molecule has 0 aliphatic carbocycles. The van der Waals surface area contributed by atoms with Gasteiger partial charge in [0.05, 0.1) is 36.5 Å². The van der Waals surface area contributed by atoms with Crippen molar-refractivity contribution in [1.82, 2.24) is 0 Å². The molecule has 1 unspecified atom stereocenters. The average molecular weight is 541 g/mol. The van der Waals surface area contributed by atoms with Crippen molar-refractivity contribution in [2.24, 2.45) is 0 Å². The van der Waals surface area contributed by atoms with E-state index in [-0.39, 0.29) is 16.7 Å². The number of anilines is 2. The summed E-state index contributed by atoms with van der Waals surface area (Å²) in [6, 6.07) is 18.3. The summed E-state index contributed by atoms with van der Waals surface area (Å²) in [6.07, 6.45) is 0. The van der Waals surface area contributed by atoms with Gasteiger partial charge in [-0.3, -0.25) is 14.5 Å². The van der Waals surface area contributed by atoms with Crippen LogP contribution < -0.4 is 14.5 Å². The number of aliphatic hydroxyl groups is 1. The molecule has 0 bridgehead atoms. The van der Waals surface area contributed by atoms with E-state index in [1.807, 2.05) is 36.2 Å². The van der Waals surface area contributed by atoms with E-state index >= 15 is 0 Å². The van der Waals surface area contributed by atoms with Crippen molar-refractivity contribution in [3.05, 3.63) is 94.6 Å². The fourth-order valence-corrected chi connectivity index (χ4v) is 5.11. The van der Waals surface area contributed by atoms with Crippen LogP contribution in [0, 0.1) is 0 Å². The zero-order valence-electron chi connectivity index (χ0n) is 23.2. The highest BCUT2D eigenvalue weighted by atomic mass is 16.5. The Morgan fingerprint density at radius 3 is 2.25 bits per heavy atom. The van der Waals surface area contributed by atoms with Crippen LogP contribution in [0.3, 0.4) is 0 Å². The number of benzene rings is 3. The van der Waals surface area contributed by atoms with E-state index in [0.29, 0.717) is 41.3 Å². The lowest BCUT2D eigenvalue weighted by Crippen LogP contribution is -2.29. The molecule has 40 heavy (non-hydrogen) atoms. The molecule has 0 spiro atoms. The predicted molar refractivity (Wildman–Crippen MR) is 153 cm³/mol. The lowest BCUT2D eigenvalue weighted by atomic mass is 9.85. The summed E-state index contributed by atoms with van der Waals surface area (Å²) in [5.74, 6) is -1.65. The minimum Gasteiger partial charge on any atom is -0.507 e. The number of Topliss-reactive ketones (excluding diaryl/α,β-unsaturated/α-hetero) is 1. The Bertz CT molecular complexity index is 1520. The Kier molecular flexibility index (Phi) is 6.87. The quantitative estimate of drug-likeness (QED) is 0.210. The molecule has 2 aliphatic rings. The fraction of sp³-hybridized carbons (Fsp3) is 0.281. The molecule has 1 amide bonds. The Hall–Kier alpha value is -4.59. The monoisotopic (exact) mass is 540 g/mol. The number of esters is 1. The van der Waals surface area contributed by atoms with Crippen molar-refractivity contribution in [3.63, 3.8) is 0 Å². The zero-order chi connectivity index (χ0) is 28.8. The van der Waals surface area contributed by atoms with Gasteiger partial charge < -0.3 is 19.5 Å². The molecule has 0 aromatic heterocycles. The van der Waals surface area contributed by atoms with Gasteiger partial charge in [-0.05, 0) is 59.0 Å². The van der Waals surface area contributed by atoms with Gasteiger partial charge in [0.25, 0.3) is 11.7 Å². The molecule has 1 fully saturated rings. The predicted octanol–water partition coefficient (Wildman–Crippen LogP) is 5.23. The number of carbonyl (C=O) groups excluding carboxylic acids is 3. The lowest BCUT2D eigenvalue weighted by molar-refractivity contribution is -0.132. The fourth-order valence-electron chi connectivity index (χ4n) is 5.11. The second kappa shape index (κ2) is 10.2. The van der Waals surface area contributed by atoms with Gasteiger partial charge in [-0.1, -0.05) is 45.0 Å². The molecule has 2 aliphatic heterocycles. The standard InChI is InChI=1S/C32H32N2O6/c1-32(2,3)22-11-6-19(7-12-22)27-26(28(35)21-10-15-25-24(18-21)33(4)16-17-40-25)29(36)30(37)34(27)23-13-8-20(9-14-23)31(38)39-5/h6-15,18,27,35H,16-17H2,1-5H3/b28-26-. The van der Waals surface area contributed by atoms with Gasteiger partial charge in [-0.25, -0.2) is 4.79 Å². The summed E-state index contributed by atoms with van der Waals surface area (Å²) in [4.78, 5) is 42.5. The van der Waals surface area contributed by atoms with E-state index < -0.39 is 23.7 Å². The van der Waals surface area contributed by atoms with Crippen molar-refractivity contribution in [1.29, 1.82) is 0 Å². The molecule has 1 atom stereocenters. The molecule has 5 rings (SSSR count). The molecule has 3 aromatic rings. The van der Waals surface area contributed by atoms with Gasteiger partial charge in [0.15, 0.2) is 0 Å². The van der Waals surface area contributed by atoms with Crippen LogP contribution in [0.2, 0.25) is 0 Å². The van der Waals surface area contributed by atoms with E-state index in [9.17, 15) is 19.5 Å².